The Morgan fingerprint density at radius 2 is 0.849 bits per heavy atom. The highest BCUT2D eigenvalue weighted by Crippen LogP contribution is 2.39. The number of hydrogen-bond acceptors (Lipinski definition) is 27. The van der Waals surface area contributed by atoms with Crippen LogP contribution in [0, 0.1) is 27.7 Å². The van der Waals surface area contributed by atoms with Crippen molar-refractivity contribution in [2.75, 3.05) is 127 Å². The van der Waals surface area contributed by atoms with Crippen LogP contribution in [-0.4, -0.2) is 211 Å². The number of nitrogens with two attached hydrogens (primary N) is 1. The number of likely N-dealkylation sites (N-methyl/N-ethyl adjacent to an activating group) is 1. The number of aryl methyl sites for hydroxylation is 4. The van der Waals surface area contributed by atoms with Crippen molar-refractivity contribution in [3.8, 4) is 90.7 Å². The van der Waals surface area contributed by atoms with Crippen LogP contribution in [-0.2, 0) is 0 Å². The summed E-state index contributed by atoms with van der Waals surface area (Å²) in [5, 5.41) is 10.0. The first-order chi connectivity index (χ1) is 70.9. The van der Waals surface area contributed by atoms with Gasteiger partial charge in [0, 0.05) is 148 Å². The number of rotatable bonds is 19. The van der Waals surface area contributed by atoms with Crippen LogP contribution >= 0.6 is 22.7 Å². The van der Waals surface area contributed by atoms with Crippen molar-refractivity contribution in [1.29, 1.82) is 0 Å². The second-order valence-electron chi connectivity index (χ2n) is 37.9. The van der Waals surface area contributed by atoms with Crippen molar-refractivity contribution in [1.82, 2.24) is 82.1 Å². The zero-order valence-electron chi connectivity index (χ0n) is 84.5. The summed E-state index contributed by atoms with van der Waals surface area (Å²) in [6.07, 6.45) is 26.5. The maximum Gasteiger partial charge on any atom is 0.275 e. The Morgan fingerprint density at radius 1 is 0.397 bits per heavy atom. The molecule has 3 fully saturated rings. The molecular weight excluding hydrogens is 1880 g/mol. The standard InChI is InChI=1S/C26H29N3O3.C25H29N3O3.C22H23N3O3.C21H21N5OS.C20H19N5OS/c1-17-13-20(18-9-11-28(12-10-18)21-5-4-6-21)16-29-25(30)15-22(27-26(17)29)19-7-8-23(31-2)24(14-19)32-3;1-5-10-27-11-8-18(9-12-27)20-13-17(2)25-26-21(15-24(29)28(25)16-20)19-6-7-22(30-3)23(14-19)31-4;1-24-10-8-15(9-11-24)18-13-22(26)25-14-17(5-7-21(25)23-18)16-4-6-19(27-2)20(12-16)28-3;1-13-23-17-4-2-14(10-19(17)28-13)18-11-21(27)26-12-16(3-5-20(26)24-18)25-8-6-15(22)7-9-25;1-12-22-16-3-2-14(10-18(16)27-12)17-11-20(26)25-19(23-17)5-4-15(24-25)13-6-8-21-9-7-13/h7-9,13-16,21H,4-6,10-12H2,1-3H3;6-8,13-16H,5,9-12H2,1-4H3;4-8,12-14H,9-11H2,1-3H3;2-5,10-12,15H,6-9,22H2,1H3;2-5,10-11,13,21H,6-9H2,1H3. The number of nitrogens with one attached hydrogen (secondary N) is 1. The molecule has 0 atom stereocenters. The Labute approximate surface area is 853 Å². The maximum absolute atomic E-state index is 13.1. The zero-order chi connectivity index (χ0) is 102. The second kappa shape index (κ2) is 44.4. The van der Waals surface area contributed by atoms with Gasteiger partial charge >= 0.3 is 0 Å². The van der Waals surface area contributed by atoms with Crippen LogP contribution < -0.4 is 72.2 Å². The summed E-state index contributed by atoms with van der Waals surface area (Å²) >= 11 is 3.30. The molecule has 17 aromatic rings. The predicted molar refractivity (Wildman–Crippen MR) is 582 cm³/mol. The van der Waals surface area contributed by atoms with Gasteiger partial charge in [0.05, 0.1) is 113 Å². The molecule has 5 aromatic carbocycles. The summed E-state index contributed by atoms with van der Waals surface area (Å²) in [4.78, 5) is 107. The van der Waals surface area contributed by atoms with Gasteiger partial charge in [0.25, 0.3) is 27.8 Å². The van der Waals surface area contributed by atoms with Crippen LogP contribution in [0.3, 0.4) is 0 Å². The Morgan fingerprint density at radius 3 is 1.36 bits per heavy atom. The Bertz CT molecular complexity index is 8230. The summed E-state index contributed by atoms with van der Waals surface area (Å²) in [6.45, 7) is 21.2. The lowest BCUT2D eigenvalue weighted by atomic mass is 9.89. The lowest BCUT2D eigenvalue weighted by Crippen LogP contribution is -2.42. The number of pyridine rings is 4. The van der Waals surface area contributed by atoms with Gasteiger partial charge in [-0.2, -0.15) is 9.61 Å². The number of methoxy groups -OCH3 is 6. The van der Waals surface area contributed by atoms with Crippen molar-refractivity contribution in [2.24, 2.45) is 5.73 Å². The lowest BCUT2D eigenvalue weighted by Gasteiger charge is -2.39. The van der Waals surface area contributed by atoms with E-state index < -0.39 is 0 Å². The monoisotopic (exact) mass is 2000 g/mol. The number of fused-ring (bicyclic) bond motifs is 7. The molecule has 6 aliphatic rings. The van der Waals surface area contributed by atoms with Gasteiger partial charge in [-0.25, -0.2) is 34.9 Å². The number of thiazole rings is 2. The average molecular weight is 2000 g/mol. The SMILES string of the molecule is CCCN1CC=C(c2cc(C)c3nc(-c4ccc(OC)c(OC)c4)cc(=O)n3c2)CC1.COc1ccc(-c2cc(=O)n3cc(C4=CCN(C5CCC5)CC4)cc(C)c3n2)cc1OC.COc1ccc(-c2ccc3nc(C4=CCN(C)CC4)cc(=O)n3c2)cc1OC.Cc1nc2ccc(-c3cc(=O)n4cc(N5CCC(N)CC5)ccc4n3)cc2s1.Cc1nc2ccc(-c3cc(=O)n4nc(C5CCNCC5)ccc4n3)cc2s1. The van der Waals surface area contributed by atoms with Crippen LogP contribution in [0.25, 0.3) is 122 Å². The van der Waals surface area contributed by atoms with Crippen LogP contribution in [0.5, 0.6) is 34.5 Å². The minimum atomic E-state index is -0.147. The molecule has 146 heavy (non-hydrogen) atoms. The van der Waals surface area contributed by atoms with E-state index in [1.807, 2.05) is 168 Å². The number of anilines is 1. The van der Waals surface area contributed by atoms with Crippen molar-refractivity contribution in [3.63, 3.8) is 0 Å². The van der Waals surface area contributed by atoms with E-state index >= 15 is 0 Å². The number of ether oxygens (including phenoxy) is 6. The first-order valence-electron chi connectivity index (χ1n) is 49.9. The maximum atomic E-state index is 13.1. The van der Waals surface area contributed by atoms with E-state index in [0.717, 1.165) is 232 Å². The van der Waals surface area contributed by atoms with Gasteiger partial charge in [0.15, 0.2) is 40.1 Å². The second-order valence-corrected chi connectivity index (χ2v) is 40.3. The van der Waals surface area contributed by atoms with E-state index in [1.54, 1.807) is 113 Å². The average Bonchev–Trinajstić information content (AvgIpc) is 1.29. The third-order valence-electron chi connectivity index (χ3n) is 28.2. The van der Waals surface area contributed by atoms with Crippen molar-refractivity contribution < 1.29 is 28.4 Å². The molecule has 750 valence electrons. The third kappa shape index (κ3) is 22.1. The van der Waals surface area contributed by atoms with Gasteiger partial charge in [-0.15, -0.1) is 22.7 Å². The molecule has 0 radical (unpaired) electrons. The highest BCUT2D eigenvalue weighted by Gasteiger charge is 2.29. The van der Waals surface area contributed by atoms with Crippen molar-refractivity contribution in [3.05, 3.63) is 308 Å². The van der Waals surface area contributed by atoms with E-state index in [4.69, 9.17) is 54.1 Å². The first kappa shape index (κ1) is 99.9. The summed E-state index contributed by atoms with van der Waals surface area (Å²) < 4.78 is 42.3. The molecule has 23 rings (SSSR count). The molecule has 0 spiro atoms. The number of nitrogens with zero attached hydrogens (tertiary/aromatic N) is 17. The van der Waals surface area contributed by atoms with E-state index in [9.17, 15) is 24.0 Å². The summed E-state index contributed by atoms with van der Waals surface area (Å²) in [6, 6.07) is 53.9. The summed E-state index contributed by atoms with van der Waals surface area (Å²) in [7, 11) is 11.7. The van der Waals surface area contributed by atoms with Crippen LogP contribution in [0.1, 0.15) is 127 Å². The fraction of sp³-hybridized carbons (Fsp3) is 0.325. The first-order valence-corrected chi connectivity index (χ1v) is 51.5. The Balaban J connectivity index is 0.000000115. The molecule has 0 bridgehead atoms. The molecule has 2 saturated heterocycles. The fourth-order valence-corrected chi connectivity index (χ4v) is 21.6. The molecule has 5 aliphatic heterocycles. The van der Waals surface area contributed by atoms with E-state index in [0.29, 0.717) is 91.4 Å². The normalized spacial score (nSPS) is 15.5. The van der Waals surface area contributed by atoms with Crippen LogP contribution in [0.4, 0.5) is 5.69 Å². The minimum absolute atomic E-state index is 0.0730. The molecule has 1 saturated carbocycles. The number of aromatic nitrogens is 13. The van der Waals surface area contributed by atoms with E-state index in [1.165, 1.54) is 41.3 Å². The topological polar surface area (TPSA) is 317 Å². The van der Waals surface area contributed by atoms with E-state index in [-0.39, 0.29) is 33.8 Å². The molecule has 12 aromatic heterocycles. The summed E-state index contributed by atoms with van der Waals surface area (Å²) in [5.41, 5.74) is 29.4. The van der Waals surface area contributed by atoms with Gasteiger partial charge in [0.2, 0.25) is 0 Å². The minimum Gasteiger partial charge on any atom is -0.493 e. The Kier molecular flexibility index (Phi) is 30.4. The molecule has 30 nitrogen and oxygen atoms in total. The number of hydrogen-bond donors (Lipinski definition) is 2. The van der Waals surface area contributed by atoms with Gasteiger partial charge < -0.3 is 49.3 Å². The highest BCUT2D eigenvalue weighted by molar-refractivity contribution is 7.18. The van der Waals surface area contributed by atoms with Crippen LogP contribution in [0.15, 0.2) is 237 Å². The molecule has 3 N–H and O–H groups in total. The summed E-state index contributed by atoms with van der Waals surface area (Å²) in [5.74, 6) is 4.22. The van der Waals surface area contributed by atoms with Gasteiger partial charge in [-0.05, 0) is 290 Å². The molecule has 32 heteroatoms. The zero-order valence-corrected chi connectivity index (χ0v) is 86.1. The third-order valence-corrected chi connectivity index (χ3v) is 30.1. The Hall–Kier alpha value is -14.8. The molecule has 1 aliphatic carbocycles. The number of benzene rings is 5. The predicted octanol–water partition coefficient (Wildman–Crippen LogP) is 18.0. The number of piperidine rings is 2. The van der Waals surface area contributed by atoms with Gasteiger partial charge in [0.1, 0.15) is 22.6 Å². The molecule has 0 unspecified atom stereocenters. The molecule has 17 heterocycles. The van der Waals surface area contributed by atoms with E-state index in [2.05, 4.69) is 101 Å². The quantitative estimate of drug-likeness (QED) is 0.0759. The van der Waals surface area contributed by atoms with Crippen LogP contribution in [0.2, 0.25) is 0 Å². The van der Waals surface area contributed by atoms with Gasteiger partial charge in [-0.3, -0.25) is 51.4 Å². The molecule has 0 amide bonds. The van der Waals surface area contributed by atoms with Crippen molar-refractivity contribution >= 4 is 93.7 Å². The fourth-order valence-electron chi connectivity index (χ4n) is 19.8. The largest absolute Gasteiger partial charge is 0.493 e. The van der Waals surface area contributed by atoms with Gasteiger partial charge in [-0.1, -0.05) is 49.8 Å². The smallest absolute Gasteiger partial charge is 0.275 e. The van der Waals surface area contributed by atoms with Crippen molar-refractivity contribution in [2.45, 2.75) is 123 Å². The lowest BCUT2D eigenvalue weighted by molar-refractivity contribution is 0.141. The highest BCUT2D eigenvalue weighted by atomic mass is 32.1. The molecular formula is C114H121N19O11S2.